The Bertz CT molecular complexity index is 753. The van der Waals surface area contributed by atoms with Crippen LogP contribution in [0.1, 0.15) is 0 Å². The van der Waals surface area contributed by atoms with Crippen molar-refractivity contribution < 1.29 is 13.2 Å². The van der Waals surface area contributed by atoms with E-state index >= 15 is 0 Å². The summed E-state index contributed by atoms with van der Waals surface area (Å²) in [6, 6.07) is 5.89. The molecule has 0 saturated carbocycles. The third kappa shape index (κ3) is 3.32. The Balaban J connectivity index is 2.30. The highest BCUT2D eigenvalue weighted by molar-refractivity contribution is 14.1. The SMILES string of the molecule is CS(=O)(=O)c1ccc(Oc2nc[nH]c(=O)c2I)cc1. The molecule has 6 nitrogen and oxygen atoms in total. The number of hydrogen-bond donors (Lipinski definition) is 1. The van der Waals surface area contributed by atoms with E-state index in [9.17, 15) is 13.2 Å². The van der Waals surface area contributed by atoms with Crippen LogP contribution < -0.4 is 10.3 Å². The van der Waals surface area contributed by atoms with E-state index in [0.29, 0.717) is 9.32 Å². The first-order valence-corrected chi connectivity index (χ1v) is 8.06. The van der Waals surface area contributed by atoms with Crippen LogP contribution in [0.25, 0.3) is 0 Å². The largest absolute Gasteiger partial charge is 0.438 e. The van der Waals surface area contributed by atoms with Crippen LogP contribution in [0.2, 0.25) is 0 Å². The average molecular weight is 392 g/mol. The zero-order valence-electron chi connectivity index (χ0n) is 9.75. The van der Waals surface area contributed by atoms with Gasteiger partial charge in [-0.05, 0) is 46.9 Å². The fourth-order valence-corrected chi connectivity index (χ4v) is 2.34. The summed E-state index contributed by atoms with van der Waals surface area (Å²) < 4.78 is 28.4. The summed E-state index contributed by atoms with van der Waals surface area (Å²) in [7, 11) is -3.23. The lowest BCUT2D eigenvalue weighted by Gasteiger charge is -2.06. The number of sulfone groups is 1. The molecular formula is C11H9IN2O4S. The molecule has 0 radical (unpaired) electrons. The predicted octanol–water partition coefficient (Wildman–Crippen LogP) is 1.57. The van der Waals surface area contributed by atoms with Crippen LogP contribution in [0.3, 0.4) is 0 Å². The average Bonchev–Trinajstić information content (AvgIpc) is 2.35. The van der Waals surface area contributed by atoms with Crippen molar-refractivity contribution in [3.05, 3.63) is 44.5 Å². The molecule has 0 bridgehead atoms. The van der Waals surface area contributed by atoms with Gasteiger partial charge in [0.25, 0.3) is 5.56 Å². The number of ether oxygens (including phenoxy) is 1. The highest BCUT2D eigenvalue weighted by atomic mass is 127. The van der Waals surface area contributed by atoms with Gasteiger partial charge in [-0.25, -0.2) is 13.4 Å². The summed E-state index contributed by atoms with van der Waals surface area (Å²) in [6.45, 7) is 0. The van der Waals surface area contributed by atoms with Crippen molar-refractivity contribution in [3.8, 4) is 11.6 Å². The normalized spacial score (nSPS) is 11.3. The van der Waals surface area contributed by atoms with E-state index in [4.69, 9.17) is 4.74 Å². The number of nitrogens with one attached hydrogen (secondary N) is 1. The molecule has 2 rings (SSSR count). The number of hydrogen-bond acceptors (Lipinski definition) is 5. The molecule has 0 aliphatic carbocycles. The highest BCUT2D eigenvalue weighted by Gasteiger charge is 2.10. The summed E-state index contributed by atoms with van der Waals surface area (Å²) in [5.74, 6) is 0.583. The van der Waals surface area contributed by atoms with Gasteiger partial charge in [0.2, 0.25) is 5.88 Å². The molecular weight excluding hydrogens is 383 g/mol. The van der Waals surface area contributed by atoms with Gasteiger partial charge in [-0.2, -0.15) is 0 Å². The van der Waals surface area contributed by atoms with E-state index in [2.05, 4.69) is 9.97 Å². The fraction of sp³-hybridized carbons (Fsp3) is 0.0909. The van der Waals surface area contributed by atoms with Crippen molar-refractivity contribution in [2.75, 3.05) is 6.26 Å². The summed E-state index contributed by atoms with van der Waals surface area (Å²) >= 11 is 1.82. The quantitative estimate of drug-likeness (QED) is 0.802. The van der Waals surface area contributed by atoms with Gasteiger partial charge < -0.3 is 9.72 Å². The van der Waals surface area contributed by atoms with Gasteiger partial charge in [0.1, 0.15) is 9.32 Å². The van der Waals surface area contributed by atoms with Gasteiger partial charge >= 0.3 is 0 Å². The molecule has 0 unspecified atom stereocenters. The number of halogens is 1. The Morgan fingerprint density at radius 3 is 2.47 bits per heavy atom. The maximum Gasteiger partial charge on any atom is 0.268 e. The summed E-state index contributed by atoms with van der Waals surface area (Å²) in [5, 5.41) is 0. The lowest BCUT2D eigenvalue weighted by molar-refractivity contribution is 0.456. The lowest BCUT2D eigenvalue weighted by Crippen LogP contribution is -2.11. The molecule has 0 aliphatic rings. The monoisotopic (exact) mass is 392 g/mol. The first-order chi connectivity index (χ1) is 8.88. The molecule has 0 spiro atoms. The van der Waals surface area contributed by atoms with Gasteiger partial charge in [0, 0.05) is 6.26 Å². The molecule has 1 aromatic heterocycles. The van der Waals surface area contributed by atoms with E-state index in [1.165, 1.54) is 30.6 Å². The Morgan fingerprint density at radius 1 is 1.26 bits per heavy atom. The van der Waals surface area contributed by atoms with Crippen LogP contribution in [0, 0.1) is 3.57 Å². The smallest absolute Gasteiger partial charge is 0.268 e. The third-order valence-electron chi connectivity index (χ3n) is 2.23. The summed E-state index contributed by atoms with van der Waals surface area (Å²) in [5.41, 5.74) is -0.293. The van der Waals surface area contributed by atoms with Crippen molar-refractivity contribution in [3.63, 3.8) is 0 Å². The van der Waals surface area contributed by atoms with Gasteiger partial charge in [-0.15, -0.1) is 0 Å². The van der Waals surface area contributed by atoms with Crippen LogP contribution in [-0.2, 0) is 9.84 Å². The second-order valence-electron chi connectivity index (χ2n) is 3.70. The summed E-state index contributed by atoms with van der Waals surface area (Å²) in [6.07, 6.45) is 2.37. The van der Waals surface area contributed by atoms with Crippen LogP contribution in [0.4, 0.5) is 0 Å². The maximum absolute atomic E-state index is 11.4. The van der Waals surface area contributed by atoms with Gasteiger partial charge in [-0.3, -0.25) is 4.79 Å². The van der Waals surface area contributed by atoms with E-state index in [0.717, 1.165) is 6.26 Å². The maximum atomic E-state index is 11.4. The highest BCUT2D eigenvalue weighted by Crippen LogP contribution is 2.23. The lowest BCUT2D eigenvalue weighted by atomic mass is 10.3. The van der Waals surface area contributed by atoms with Crippen molar-refractivity contribution in [2.24, 2.45) is 0 Å². The first kappa shape index (κ1) is 14.0. The van der Waals surface area contributed by atoms with Crippen LogP contribution in [-0.4, -0.2) is 24.6 Å². The molecule has 2 aromatic rings. The minimum absolute atomic E-state index is 0.177. The number of aromatic nitrogens is 2. The Kier molecular flexibility index (Phi) is 3.90. The van der Waals surface area contributed by atoms with E-state index in [1.54, 1.807) is 0 Å². The van der Waals surface area contributed by atoms with E-state index in [-0.39, 0.29) is 16.3 Å². The summed E-state index contributed by atoms with van der Waals surface area (Å²) in [4.78, 5) is 17.9. The molecule has 1 aromatic carbocycles. The standard InChI is InChI=1S/C11H9IN2O4S/c1-19(16,17)8-4-2-7(3-5-8)18-11-9(12)10(15)13-6-14-11/h2-6H,1H3,(H,13,14,15). The van der Waals surface area contributed by atoms with Gasteiger partial charge in [0.15, 0.2) is 9.84 Å². The zero-order chi connectivity index (χ0) is 14.0. The second kappa shape index (κ2) is 5.29. The molecule has 1 heterocycles. The fourth-order valence-electron chi connectivity index (χ4n) is 1.30. The van der Waals surface area contributed by atoms with Gasteiger partial charge in [0.05, 0.1) is 11.2 Å². The minimum Gasteiger partial charge on any atom is -0.438 e. The third-order valence-corrected chi connectivity index (χ3v) is 4.31. The Hall–Kier alpha value is -1.42. The number of rotatable bonds is 3. The number of nitrogens with zero attached hydrogens (tertiary/aromatic N) is 1. The van der Waals surface area contributed by atoms with Crippen LogP contribution in [0.15, 0.2) is 40.3 Å². The van der Waals surface area contributed by atoms with Crippen molar-refractivity contribution >= 4 is 32.4 Å². The number of benzene rings is 1. The molecule has 0 atom stereocenters. The molecule has 19 heavy (non-hydrogen) atoms. The van der Waals surface area contributed by atoms with Crippen LogP contribution in [0.5, 0.6) is 11.6 Å². The zero-order valence-corrected chi connectivity index (χ0v) is 12.7. The molecule has 1 N–H and O–H groups in total. The Labute approximate surface area is 122 Å². The van der Waals surface area contributed by atoms with E-state index < -0.39 is 9.84 Å². The topological polar surface area (TPSA) is 89.1 Å². The second-order valence-corrected chi connectivity index (χ2v) is 6.79. The van der Waals surface area contributed by atoms with Crippen molar-refractivity contribution in [2.45, 2.75) is 4.90 Å². The first-order valence-electron chi connectivity index (χ1n) is 5.09. The molecule has 0 fully saturated rings. The minimum atomic E-state index is -3.23. The molecule has 0 aliphatic heterocycles. The van der Waals surface area contributed by atoms with E-state index in [1.807, 2.05) is 22.6 Å². The Morgan fingerprint density at radius 2 is 1.89 bits per heavy atom. The molecule has 0 amide bonds. The molecule has 100 valence electrons. The molecule has 8 heteroatoms. The van der Waals surface area contributed by atoms with Crippen molar-refractivity contribution in [1.29, 1.82) is 0 Å². The predicted molar refractivity (Wildman–Crippen MR) is 77.2 cm³/mol. The van der Waals surface area contributed by atoms with Crippen molar-refractivity contribution in [1.82, 2.24) is 9.97 Å². The number of H-pyrrole nitrogens is 1. The number of aromatic amines is 1. The van der Waals surface area contributed by atoms with Gasteiger partial charge in [-0.1, -0.05) is 0 Å². The van der Waals surface area contributed by atoms with Crippen LogP contribution >= 0.6 is 22.6 Å². The molecule has 0 saturated heterocycles.